The van der Waals surface area contributed by atoms with Gasteiger partial charge in [-0.3, -0.25) is 25.0 Å². The first kappa shape index (κ1) is 14.1. The zero-order valence-electron chi connectivity index (χ0n) is 10.3. The van der Waals surface area contributed by atoms with Crippen LogP contribution in [0.3, 0.4) is 0 Å². The summed E-state index contributed by atoms with van der Waals surface area (Å²) < 4.78 is 0. The van der Waals surface area contributed by atoms with Crippen LogP contribution in [-0.4, -0.2) is 21.3 Å². The largest absolute Gasteiger partial charge is 0.349 e. The van der Waals surface area contributed by atoms with Crippen molar-refractivity contribution in [1.29, 1.82) is 0 Å². The van der Waals surface area contributed by atoms with E-state index in [1.165, 1.54) is 24.3 Å². The Hall–Kier alpha value is -3.36. The predicted molar refractivity (Wildman–Crippen MR) is 71.1 cm³/mol. The number of ketones is 1. The lowest BCUT2D eigenvalue weighted by Crippen LogP contribution is -2.02. The van der Waals surface area contributed by atoms with Crippen LogP contribution < -0.4 is 4.84 Å². The van der Waals surface area contributed by atoms with Crippen LogP contribution in [0.25, 0.3) is 0 Å². The number of allylic oxidation sites excluding steroid dienone is 4. The fourth-order valence-electron chi connectivity index (χ4n) is 1.45. The van der Waals surface area contributed by atoms with Gasteiger partial charge < -0.3 is 4.84 Å². The number of hydrogen-bond donors (Lipinski definition) is 0. The zero-order valence-corrected chi connectivity index (χ0v) is 10.3. The Morgan fingerprint density at radius 1 is 1.00 bits per heavy atom. The minimum Gasteiger partial charge on any atom is -0.349 e. The van der Waals surface area contributed by atoms with E-state index in [1.54, 1.807) is 0 Å². The molecule has 1 aliphatic rings. The summed E-state index contributed by atoms with van der Waals surface area (Å²) in [5.41, 5.74) is -0.722. The molecule has 0 bridgehead atoms. The van der Waals surface area contributed by atoms with Gasteiger partial charge in [0.05, 0.1) is 15.9 Å². The Morgan fingerprint density at radius 2 is 1.67 bits per heavy atom. The van der Waals surface area contributed by atoms with Crippen molar-refractivity contribution in [3.8, 4) is 5.75 Å². The van der Waals surface area contributed by atoms with Crippen molar-refractivity contribution in [3.63, 3.8) is 0 Å². The fraction of sp³-hybridized carbons (Fsp3) is 0. The number of nitro groups is 2. The average Bonchev–Trinajstić information content (AvgIpc) is 2.46. The van der Waals surface area contributed by atoms with Crippen LogP contribution in [0.4, 0.5) is 11.4 Å². The molecule has 0 unspecified atom stereocenters. The van der Waals surface area contributed by atoms with Gasteiger partial charge in [0.1, 0.15) is 5.71 Å². The number of non-ortho nitro benzene ring substituents is 1. The Morgan fingerprint density at radius 3 is 2.24 bits per heavy atom. The Balaban J connectivity index is 2.28. The van der Waals surface area contributed by atoms with Crippen molar-refractivity contribution in [2.75, 3.05) is 0 Å². The third-order valence-electron chi connectivity index (χ3n) is 2.44. The molecule has 9 nitrogen and oxygen atoms in total. The number of carbonyl (C=O) groups excluding carboxylic acids is 1. The molecule has 0 heterocycles. The minimum absolute atomic E-state index is 0.213. The van der Waals surface area contributed by atoms with E-state index in [0.29, 0.717) is 0 Å². The van der Waals surface area contributed by atoms with Gasteiger partial charge in [-0.25, -0.2) is 0 Å². The monoisotopic (exact) mass is 289 g/mol. The molecule has 0 amide bonds. The third kappa shape index (κ3) is 3.35. The molecule has 21 heavy (non-hydrogen) atoms. The van der Waals surface area contributed by atoms with Gasteiger partial charge >= 0.3 is 5.69 Å². The summed E-state index contributed by atoms with van der Waals surface area (Å²) in [6, 6.07) is 2.94. The Labute approximate surface area is 117 Å². The molecule has 2 rings (SSSR count). The van der Waals surface area contributed by atoms with Crippen LogP contribution in [0.5, 0.6) is 5.75 Å². The highest BCUT2D eigenvalue weighted by Crippen LogP contribution is 2.31. The molecular formula is C12H7N3O6. The molecule has 9 heteroatoms. The second-order valence-corrected chi connectivity index (χ2v) is 3.84. The summed E-state index contributed by atoms with van der Waals surface area (Å²) >= 11 is 0. The van der Waals surface area contributed by atoms with Crippen LogP contribution in [0.1, 0.15) is 0 Å². The molecule has 1 aromatic carbocycles. The minimum atomic E-state index is -0.807. The van der Waals surface area contributed by atoms with E-state index in [-0.39, 0.29) is 17.2 Å². The normalized spacial score (nSPS) is 13.1. The van der Waals surface area contributed by atoms with Gasteiger partial charge in [-0.15, -0.1) is 0 Å². The van der Waals surface area contributed by atoms with E-state index in [0.717, 1.165) is 18.2 Å². The number of oxime groups is 1. The van der Waals surface area contributed by atoms with E-state index in [9.17, 15) is 25.0 Å². The first-order valence-electron chi connectivity index (χ1n) is 5.55. The van der Waals surface area contributed by atoms with Crippen LogP contribution >= 0.6 is 0 Å². The molecular weight excluding hydrogens is 282 g/mol. The summed E-state index contributed by atoms with van der Waals surface area (Å²) in [6.07, 6.45) is 5.26. The number of carbonyl (C=O) groups is 1. The highest BCUT2D eigenvalue weighted by molar-refractivity contribution is 6.16. The standard InChI is InChI=1S/C12H7N3O6/c16-10-4-1-8(2-5-10)13-21-12-6-3-9(14(17)18)7-11(12)15(19)20/h1-7H. The number of benzene rings is 1. The maximum absolute atomic E-state index is 10.9. The number of hydrogen-bond acceptors (Lipinski definition) is 7. The Kier molecular flexibility index (Phi) is 3.84. The van der Waals surface area contributed by atoms with Gasteiger partial charge in [-0.05, 0) is 30.4 Å². The smallest absolute Gasteiger partial charge is 0.321 e. The van der Waals surface area contributed by atoms with E-state index in [2.05, 4.69) is 5.16 Å². The van der Waals surface area contributed by atoms with Crippen molar-refractivity contribution < 1.29 is 19.5 Å². The topological polar surface area (TPSA) is 125 Å². The Bertz CT molecular complexity index is 702. The first-order valence-corrected chi connectivity index (χ1v) is 5.55. The number of rotatable bonds is 4. The molecule has 106 valence electrons. The molecule has 0 fully saturated rings. The van der Waals surface area contributed by atoms with Crippen molar-refractivity contribution in [1.82, 2.24) is 0 Å². The lowest BCUT2D eigenvalue weighted by Gasteiger charge is -2.02. The van der Waals surface area contributed by atoms with E-state index in [1.807, 2.05) is 0 Å². The summed E-state index contributed by atoms with van der Waals surface area (Å²) in [6.45, 7) is 0. The van der Waals surface area contributed by atoms with Gasteiger partial charge in [-0.2, -0.15) is 0 Å². The maximum Gasteiger partial charge on any atom is 0.321 e. The van der Waals surface area contributed by atoms with Crippen LogP contribution in [-0.2, 0) is 4.79 Å². The SMILES string of the molecule is O=C1C=CC(=NOc2ccc([N+](=O)[O-])cc2[N+](=O)[O-])C=C1. The van der Waals surface area contributed by atoms with Crippen molar-refractivity contribution in [2.24, 2.45) is 5.16 Å². The molecule has 0 atom stereocenters. The number of nitrogens with zero attached hydrogens (tertiary/aromatic N) is 3. The maximum atomic E-state index is 10.9. The van der Waals surface area contributed by atoms with Crippen LogP contribution in [0.2, 0.25) is 0 Å². The molecule has 0 radical (unpaired) electrons. The number of nitro benzene ring substituents is 2. The van der Waals surface area contributed by atoms with E-state index in [4.69, 9.17) is 4.84 Å². The first-order chi connectivity index (χ1) is 9.97. The highest BCUT2D eigenvalue weighted by Gasteiger charge is 2.21. The molecule has 0 saturated heterocycles. The average molecular weight is 289 g/mol. The second-order valence-electron chi connectivity index (χ2n) is 3.84. The lowest BCUT2D eigenvalue weighted by atomic mass is 10.2. The summed E-state index contributed by atoms with van der Waals surface area (Å²) in [4.78, 5) is 35.7. The molecule has 0 aromatic heterocycles. The summed E-state index contributed by atoms with van der Waals surface area (Å²) in [5, 5.41) is 25.1. The summed E-state index contributed by atoms with van der Waals surface area (Å²) in [7, 11) is 0. The molecule has 0 spiro atoms. The predicted octanol–water partition coefficient (Wildman–Crippen LogP) is 1.93. The van der Waals surface area contributed by atoms with Crippen LogP contribution in [0, 0.1) is 20.2 Å². The molecule has 1 aliphatic carbocycles. The molecule has 1 aromatic rings. The second kappa shape index (κ2) is 5.74. The van der Waals surface area contributed by atoms with Gasteiger partial charge in [0.2, 0.25) is 5.75 Å². The molecule has 0 aliphatic heterocycles. The highest BCUT2D eigenvalue weighted by atomic mass is 16.7. The van der Waals surface area contributed by atoms with E-state index < -0.39 is 21.2 Å². The molecule has 0 N–H and O–H groups in total. The van der Waals surface area contributed by atoms with Crippen molar-refractivity contribution in [2.45, 2.75) is 0 Å². The van der Waals surface area contributed by atoms with Crippen molar-refractivity contribution in [3.05, 3.63) is 62.7 Å². The van der Waals surface area contributed by atoms with Gasteiger partial charge in [0.25, 0.3) is 5.69 Å². The van der Waals surface area contributed by atoms with Gasteiger partial charge in [0, 0.05) is 6.07 Å². The lowest BCUT2D eigenvalue weighted by molar-refractivity contribution is -0.394. The van der Waals surface area contributed by atoms with E-state index >= 15 is 0 Å². The van der Waals surface area contributed by atoms with Gasteiger partial charge in [0.15, 0.2) is 5.78 Å². The van der Waals surface area contributed by atoms with Gasteiger partial charge in [-0.1, -0.05) is 5.16 Å². The van der Waals surface area contributed by atoms with Crippen molar-refractivity contribution >= 4 is 22.9 Å². The molecule has 0 saturated carbocycles. The summed E-state index contributed by atoms with van der Waals surface area (Å²) in [5.74, 6) is -0.452. The fourth-order valence-corrected chi connectivity index (χ4v) is 1.45. The quantitative estimate of drug-likeness (QED) is 0.473. The zero-order chi connectivity index (χ0) is 15.4. The van der Waals surface area contributed by atoms with Crippen LogP contribution in [0.15, 0.2) is 47.7 Å². The third-order valence-corrected chi connectivity index (χ3v) is 2.44.